The van der Waals surface area contributed by atoms with Crippen LogP contribution in [0, 0.1) is 0 Å². The fraction of sp³-hybridized carbons (Fsp3) is 0.642. The fourth-order valence-corrected chi connectivity index (χ4v) is 6.41. The van der Waals surface area contributed by atoms with E-state index >= 15 is 0 Å². The van der Waals surface area contributed by atoms with Crippen LogP contribution in [0.4, 0.5) is 0 Å². The van der Waals surface area contributed by atoms with E-state index in [0.29, 0.717) is 6.42 Å². The number of carbonyl (C=O) groups excluding carboxylic acids is 1. The molecule has 0 aliphatic rings. The van der Waals surface area contributed by atoms with Crippen molar-refractivity contribution in [2.75, 3.05) is 6.61 Å². The summed E-state index contributed by atoms with van der Waals surface area (Å²) in [4.78, 5) is 12.4. The predicted molar refractivity (Wildman–Crippen MR) is 253 cm³/mol. The minimum atomic E-state index is -0.884. The molecule has 0 rings (SSSR count). The molecule has 0 bridgehead atoms. The van der Waals surface area contributed by atoms with Gasteiger partial charge in [-0.3, -0.25) is 4.79 Å². The topological polar surface area (TPSA) is 69.6 Å². The van der Waals surface area contributed by atoms with Crippen LogP contribution in [0.5, 0.6) is 0 Å². The second kappa shape index (κ2) is 47.4. The maximum atomic E-state index is 12.4. The van der Waals surface area contributed by atoms with Crippen molar-refractivity contribution >= 4 is 5.91 Å². The Morgan fingerprint density at radius 3 is 1.23 bits per heavy atom. The Labute approximate surface area is 353 Å². The van der Waals surface area contributed by atoms with Crippen LogP contribution in [0.3, 0.4) is 0 Å². The van der Waals surface area contributed by atoms with Crippen molar-refractivity contribution < 1.29 is 15.0 Å². The summed E-state index contributed by atoms with van der Waals surface area (Å²) in [6.45, 7) is 4.16. The van der Waals surface area contributed by atoms with Crippen LogP contribution < -0.4 is 5.32 Å². The Balaban J connectivity index is 3.74. The number of nitrogens with one attached hydrogen (secondary N) is 1. The molecule has 0 saturated heterocycles. The van der Waals surface area contributed by atoms with E-state index in [2.05, 4.69) is 116 Å². The first kappa shape index (κ1) is 54.0. The highest BCUT2D eigenvalue weighted by Gasteiger charge is 2.17. The molecule has 4 heteroatoms. The van der Waals surface area contributed by atoms with E-state index in [9.17, 15) is 15.0 Å². The zero-order valence-corrected chi connectivity index (χ0v) is 37.1. The summed E-state index contributed by atoms with van der Waals surface area (Å²) >= 11 is 0. The summed E-state index contributed by atoms with van der Waals surface area (Å²) in [6.07, 6.45) is 72.0. The van der Waals surface area contributed by atoms with Crippen molar-refractivity contribution in [3.63, 3.8) is 0 Å². The molecule has 1 amide bonds. The highest BCUT2D eigenvalue weighted by Crippen LogP contribution is 2.14. The summed E-state index contributed by atoms with van der Waals surface area (Å²) in [5, 5.41) is 23.0. The van der Waals surface area contributed by atoms with Gasteiger partial charge in [-0.1, -0.05) is 213 Å². The number of amides is 1. The van der Waals surface area contributed by atoms with Crippen molar-refractivity contribution in [2.45, 2.75) is 212 Å². The third-order valence-electron chi connectivity index (χ3n) is 9.99. The number of hydrogen-bond donors (Lipinski definition) is 3. The molecular formula is C53H89NO3. The highest BCUT2D eigenvalue weighted by molar-refractivity contribution is 5.76. The number of aliphatic hydroxyl groups excluding tert-OH is 2. The van der Waals surface area contributed by atoms with Crippen LogP contribution in [0.1, 0.15) is 200 Å². The molecule has 0 spiro atoms. The van der Waals surface area contributed by atoms with Gasteiger partial charge in [0, 0.05) is 6.42 Å². The Morgan fingerprint density at radius 2 is 0.789 bits per heavy atom. The van der Waals surface area contributed by atoms with Crippen molar-refractivity contribution in [1.29, 1.82) is 0 Å². The lowest BCUT2D eigenvalue weighted by Gasteiger charge is -2.19. The first-order valence-corrected chi connectivity index (χ1v) is 23.6. The Bertz CT molecular complexity index is 1120. The average Bonchev–Trinajstić information content (AvgIpc) is 3.22. The molecule has 3 N–H and O–H groups in total. The Hall–Kier alpha value is -2.95. The van der Waals surface area contributed by atoms with Gasteiger partial charge >= 0.3 is 0 Å². The Morgan fingerprint density at radius 1 is 0.439 bits per heavy atom. The monoisotopic (exact) mass is 788 g/mol. The van der Waals surface area contributed by atoms with Gasteiger partial charge < -0.3 is 15.5 Å². The molecule has 57 heavy (non-hydrogen) atoms. The van der Waals surface area contributed by atoms with Crippen molar-refractivity contribution in [2.24, 2.45) is 0 Å². The minimum absolute atomic E-state index is 0.110. The van der Waals surface area contributed by atoms with Gasteiger partial charge in [0.25, 0.3) is 0 Å². The lowest BCUT2D eigenvalue weighted by Crippen LogP contribution is -2.45. The van der Waals surface area contributed by atoms with Gasteiger partial charge in [0.1, 0.15) is 0 Å². The van der Waals surface area contributed by atoms with Gasteiger partial charge in [0.2, 0.25) is 5.91 Å². The van der Waals surface area contributed by atoms with Crippen LogP contribution in [0.15, 0.2) is 109 Å². The van der Waals surface area contributed by atoms with Gasteiger partial charge in [-0.25, -0.2) is 0 Å². The van der Waals surface area contributed by atoms with Gasteiger partial charge in [-0.2, -0.15) is 0 Å². The molecule has 0 fully saturated rings. The Kier molecular flexibility index (Phi) is 45.0. The molecule has 2 unspecified atom stereocenters. The molecule has 0 aliphatic carbocycles. The van der Waals surface area contributed by atoms with E-state index in [-0.39, 0.29) is 12.5 Å². The van der Waals surface area contributed by atoms with E-state index < -0.39 is 12.1 Å². The van der Waals surface area contributed by atoms with Crippen molar-refractivity contribution in [3.8, 4) is 0 Å². The average molecular weight is 788 g/mol. The molecule has 0 heterocycles. The first-order chi connectivity index (χ1) is 28.2. The van der Waals surface area contributed by atoms with E-state index in [1.165, 1.54) is 89.9 Å². The number of unbranched alkanes of at least 4 members (excludes halogenated alkanes) is 18. The van der Waals surface area contributed by atoms with Crippen molar-refractivity contribution in [1.82, 2.24) is 5.32 Å². The molecule has 0 aromatic carbocycles. The molecule has 324 valence electrons. The van der Waals surface area contributed by atoms with E-state index in [1.807, 2.05) is 6.08 Å². The molecule has 0 aromatic rings. The van der Waals surface area contributed by atoms with Crippen LogP contribution in [-0.2, 0) is 4.79 Å². The molecule has 2 atom stereocenters. The van der Waals surface area contributed by atoms with Crippen molar-refractivity contribution in [3.05, 3.63) is 109 Å². The summed E-state index contributed by atoms with van der Waals surface area (Å²) in [7, 11) is 0. The van der Waals surface area contributed by atoms with Gasteiger partial charge in [0.15, 0.2) is 0 Å². The fourth-order valence-electron chi connectivity index (χ4n) is 6.41. The zero-order chi connectivity index (χ0) is 41.4. The lowest BCUT2D eigenvalue weighted by atomic mass is 10.0. The van der Waals surface area contributed by atoms with E-state index in [0.717, 1.165) is 89.9 Å². The maximum absolute atomic E-state index is 12.4. The van der Waals surface area contributed by atoms with E-state index in [4.69, 9.17) is 0 Å². The number of carbonyl (C=O) groups is 1. The third kappa shape index (κ3) is 44.0. The third-order valence-corrected chi connectivity index (χ3v) is 9.99. The smallest absolute Gasteiger partial charge is 0.220 e. The van der Waals surface area contributed by atoms with Crippen LogP contribution >= 0.6 is 0 Å². The van der Waals surface area contributed by atoms with Gasteiger partial charge in [0.05, 0.1) is 18.8 Å². The summed E-state index contributed by atoms with van der Waals surface area (Å²) < 4.78 is 0. The summed E-state index contributed by atoms with van der Waals surface area (Å²) in [5.74, 6) is -0.110. The number of rotatable bonds is 41. The molecular weight excluding hydrogens is 699 g/mol. The minimum Gasteiger partial charge on any atom is -0.394 e. The molecule has 0 radical (unpaired) electrons. The normalized spacial score (nSPS) is 14.0. The number of hydrogen-bond acceptors (Lipinski definition) is 3. The summed E-state index contributed by atoms with van der Waals surface area (Å²) in [6, 6.07) is -0.665. The second-order valence-electron chi connectivity index (χ2n) is 15.4. The number of allylic oxidation sites excluding steroid dienone is 17. The molecule has 4 nitrogen and oxygen atoms in total. The standard InChI is InChI=1S/C53H89NO3/c1-3-5-7-9-11-13-15-17-19-21-23-25-26-27-28-29-31-33-35-37-39-41-43-45-47-49-53(57)54-51(50-55)52(56)48-46-44-42-40-38-36-34-32-30-24-22-20-18-16-14-12-10-8-6-4-2/h5,7,11,13,17,19,23,25,27-28,31,33,37-40,46,48,51-52,55-56H,3-4,6,8-10,12,14-16,18,20-22,24,26,29-30,32,34-36,41-45,47,49-50H2,1-2H3,(H,54,57)/b7-5-,13-11-,19-17-,25-23-,28-27-,33-31-,39-37-,40-38+,48-46+. The largest absolute Gasteiger partial charge is 0.394 e. The molecule has 0 aliphatic heterocycles. The van der Waals surface area contributed by atoms with Crippen LogP contribution in [0.2, 0.25) is 0 Å². The van der Waals surface area contributed by atoms with Gasteiger partial charge in [-0.05, 0) is 89.9 Å². The second-order valence-corrected chi connectivity index (χ2v) is 15.4. The van der Waals surface area contributed by atoms with Crippen LogP contribution in [-0.4, -0.2) is 34.9 Å². The predicted octanol–water partition coefficient (Wildman–Crippen LogP) is 15.2. The van der Waals surface area contributed by atoms with E-state index in [1.54, 1.807) is 6.08 Å². The lowest BCUT2D eigenvalue weighted by molar-refractivity contribution is -0.123. The number of aliphatic hydroxyl groups is 2. The molecule has 0 aromatic heterocycles. The SMILES string of the molecule is CC/C=C\C/C=C\C/C=C\C/C=C\C/C=C\C/C=C\C/C=C\CCCCCC(=O)NC(CO)C(O)/C=C/CC/C=C/CCCCCCCCCCCCCCCC. The van der Waals surface area contributed by atoms with Crippen LogP contribution in [0.25, 0.3) is 0 Å². The molecule has 0 saturated carbocycles. The maximum Gasteiger partial charge on any atom is 0.220 e. The summed E-state index contributed by atoms with van der Waals surface area (Å²) in [5.41, 5.74) is 0. The quantitative estimate of drug-likeness (QED) is 0.0427. The first-order valence-electron chi connectivity index (χ1n) is 23.6. The zero-order valence-electron chi connectivity index (χ0n) is 37.1. The highest BCUT2D eigenvalue weighted by atomic mass is 16.3. The van der Waals surface area contributed by atoms with Gasteiger partial charge in [-0.15, -0.1) is 0 Å².